The molecule has 0 aromatic heterocycles. The van der Waals surface area contributed by atoms with Gasteiger partial charge in [0.15, 0.2) is 0 Å². The third-order valence-corrected chi connectivity index (χ3v) is 6.91. The molecule has 0 spiro atoms. The number of fused-ring (bicyclic) bond motifs is 2. The first-order valence-electron chi connectivity index (χ1n) is 10.9. The van der Waals surface area contributed by atoms with Crippen molar-refractivity contribution in [2.45, 2.75) is 50.2 Å². The summed E-state index contributed by atoms with van der Waals surface area (Å²) in [5, 5.41) is 7.05. The molecular weight excluding hydrogens is 449 g/mol. The van der Waals surface area contributed by atoms with Crippen molar-refractivity contribution < 1.29 is 14.3 Å². The molecule has 8 heteroatoms. The largest absolute Gasteiger partial charge is 0.496 e. The van der Waals surface area contributed by atoms with Gasteiger partial charge in [-0.1, -0.05) is 41.8 Å². The van der Waals surface area contributed by atoms with Crippen LogP contribution in [0, 0.1) is 0 Å². The van der Waals surface area contributed by atoms with Gasteiger partial charge in [0.1, 0.15) is 5.75 Å². The van der Waals surface area contributed by atoms with Gasteiger partial charge in [-0.15, -0.1) is 0 Å². The first-order chi connectivity index (χ1) is 15.4. The van der Waals surface area contributed by atoms with Gasteiger partial charge < -0.3 is 15.4 Å². The summed E-state index contributed by atoms with van der Waals surface area (Å²) >= 11 is 12.2. The van der Waals surface area contributed by atoms with E-state index in [4.69, 9.17) is 27.9 Å². The van der Waals surface area contributed by atoms with E-state index in [1.54, 1.807) is 37.4 Å². The summed E-state index contributed by atoms with van der Waals surface area (Å²) in [6, 6.07) is 12.8. The molecule has 2 aromatic rings. The fourth-order valence-electron chi connectivity index (χ4n) is 4.90. The van der Waals surface area contributed by atoms with Crippen LogP contribution in [-0.2, 0) is 4.79 Å². The zero-order chi connectivity index (χ0) is 22.7. The number of nitrogens with one attached hydrogen (secondary N) is 2. The molecular formula is C24H27Cl2N3O3. The number of hydrogen-bond acceptors (Lipinski definition) is 4. The number of methoxy groups -OCH3 is 1. The van der Waals surface area contributed by atoms with Gasteiger partial charge in [-0.25, -0.2) is 0 Å². The van der Waals surface area contributed by atoms with Crippen LogP contribution in [0.3, 0.4) is 0 Å². The summed E-state index contributed by atoms with van der Waals surface area (Å²) in [4.78, 5) is 27.9. The predicted molar refractivity (Wildman–Crippen MR) is 127 cm³/mol. The highest BCUT2D eigenvalue weighted by Gasteiger charge is 2.39. The van der Waals surface area contributed by atoms with E-state index in [1.165, 1.54) is 0 Å². The molecule has 0 radical (unpaired) electrons. The van der Waals surface area contributed by atoms with Gasteiger partial charge in [-0.3, -0.25) is 14.5 Å². The third-order valence-electron chi connectivity index (χ3n) is 6.34. The molecule has 2 atom stereocenters. The highest BCUT2D eigenvalue weighted by molar-refractivity contribution is 6.35. The smallest absolute Gasteiger partial charge is 0.255 e. The minimum absolute atomic E-state index is 0.0735. The van der Waals surface area contributed by atoms with E-state index in [1.807, 2.05) is 12.1 Å². The summed E-state index contributed by atoms with van der Waals surface area (Å²) in [7, 11) is 1.57. The minimum atomic E-state index is -0.118. The Labute approximate surface area is 198 Å². The van der Waals surface area contributed by atoms with Gasteiger partial charge in [0.05, 0.1) is 29.9 Å². The second kappa shape index (κ2) is 10.1. The van der Waals surface area contributed by atoms with Gasteiger partial charge in [-0.05, 0) is 56.0 Å². The molecule has 2 aliphatic rings. The molecule has 2 aliphatic heterocycles. The van der Waals surface area contributed by atoms with Crippen LogP contribution in [0.2, 0.25) is 10.0 Å². The van der Waals surface area contributed by atoms with E-state index in [0.717, 1.165) is 32.1 Å². The monoisotopic (exact) mass is 475 g/mol. The van der Waals surface area contributed by atoms with Crippen LogP contribution in [0.5, 0.6) is 5.75 Å². The lowest BCUT2D eigenvalue weighted by Gasteiger charge is -2.48. The maximum Gasteiger partial charge on any atom is 0.255 e. The van der Waals surface area contributed by atoms with Crippen molar-refractivity contribution in [2.24, 2.45) is 0 Å². The van der Waals surface area contributed by atoms with Crippen LogP contribution in [0.15, 0.2) is 42.5 Å². The SMILES string of the molecule is COc1ccccc1C(=O)NC1CC2CCCC(C1)N2CC(=O)Nc1cc(Cl)ccc1Cl. The predicted octanol–water partition coefficient (Wildman–Crippen LogP) is 4.76. The lowest BCUT2D eigenvalue weighted by atomic mass is 9.81. The van der Waals surface area contributed by atoms with E-state index in [9.17, 15) is 9.59 Å². The average molecular weight is 476 g/mol. The molecule has 2 bridgehead atoms. The molecule has 2 amide bonds. The van der Waals surface area contributed by atoms with Crippen LogP contribution in [0.25, 0.3) is 0 Å². The lowest BCUT2D eigenvalue weighted by Crippen LogP contribution is -2.58. The topological polar surface area (TPSA) is 70.7 Å². The highest BCUT2D eigenvalue weighted by Crippen LogP contribution is 2.34. The zero-order valence-corrected chi connectivity index (χ0v) is 19.5. The number of halogens is 2. The molecule has 4 rings (SSSR count). The molecule has 2 saturated heterocycles. The minimum Gasteiger partial charge on any atom is -0.496 e. The molecule has 6 nitrogen and oxygen atoms in total. The van der Waals surface area contributed by atoms with Gasteiger partial charge >= 0.3 is 0 Å². The fraction of sp³-hybridized carbons (Fsp3) is 0.417. The van der Waals surface area contributed by atoms with Gasteiger partial charge in [0, 0.05) is 23.1 Å². The molecule has 170 valence electrons. The van der Waals surface area contributed by atoms with Crippen molar-refractivity contribution in [3.05, 3.63) is 58.1 Å². The fourth-order valence-corrected chi connectivity index (χ4v) is 5.24. The number of carbonyl (C=O) groups excluding carboxylic acids is 2. The van der Waals surface area contributed by atoms with Crippen molar-refractivity contribution in [3.63, 3.8) is 0 Å². The standard InChI is InChI=1S/C24H27Cl2N3O3/c1-32-22-8-3-2-7-19(22)24(31)27-16-12-17-5-4-6-18(13-16)29(17)14-23(30)28-21-11-15(25)9-10-20(21)26/h2-3,7-11,16-18H,4-6,12-14H2,1H3,(H,27,31)(H,28,30). The Bertz CT molecular complexity index is 986. The number of benzene rings is 2. The number of amides is 2. The maximum absolute atomic E-state index is 12.8. The second-order valence-corrected chi connectivity index (χ2v) is 9.27. The number of ether oxygens (including phenoxy) is 1. The number of nitrogens with zero attached hydrogens (tertiary/aromatic N) is 1. The summed E-state index contributed by atoms with van der Waals surface area (Å²) in [5.41, 5.74) is 1.06. The number of piperidine rings is 2. The first kappa shape index (κ1) is 22.9. The van der Waals surface area contributed by atoms with Crippen molar-refractivity contribution in [1.82, 2.24) is 10.2 Å². The number of carbonyl (C=O) groups is 2. The maximum atomic E-state index is 12.8. The summed E-state index contributed by atoms with van der Waals surface area (Å²) in [6.45, 7) is 0.297. The van der Waals surface area contributed by atoms with Crippen molar-refractivity contribution in [2.75, 3.05) is 19.0 Å². The van der Waals surface area contributed by atoms with Gasteiger partial charge in [0.2, 0.25) is 5.91 Å². The summed E-state index contributed by atoms with van der Waals surface area (Å²) in [5.74, 6) is 0.342. The number of rotatable bonds is 6. The molecule has 0 saturated carbocycles. The van der Waals surface area contributed by atoms with Crippen LogP contribution in [-0.4, -0.2) is 48.5 Å². The normalized spacial score (nSPS) is 22.8. The molecule has 32 heavy (non-hydrogen) atoms. The van der Waals surface area contributed by atoms with Crippen LogP contribution >= 0.6 is 23.2 Å². The summed E-state index contributed by atoms with van der Waals surface area (Å²) < 4.78 is 5.32. The molecule has 2 N–H and O–H groups in total. The average Bonchev–Trinajstić information content (AvgIpc) is 2.76. The Hall–Kier alpha value is -2.28. The van der Waals surface area contributed by atoms with E-state index >= 15 is 0 Å². The molecule has 0 aliphatic carbocycles. The third kappa shape index (κ3) is 5.20. The van der Waals surface area contributed by atoms with Gasteiger partial charge in [-0.2, -0.15) is 0 Å². The zero-order valence-electron chi connectivity index (χ0n) is 17.9. The Morgan fingerprint density at radius 3 is 2.53 bits per heavy atom. The molecule has 2 unspecified atom stereocenters. The Morgan fingerprint density at radius 1 is 1.09 bits per heavy atom. The number of anilines is 1. The van der Waals surface area contributed by atoms with E-state index < -0.39 is 0 Å². The van der Waals surface area contributed by atoms with Crippen molar-refractivity contribution in [1.29, 1.82) is 0 Å². The molecule has 2 heterocycles. The van der Waals surface area contributed by atoms with E-state index in [-0.39, 0.29) is 29.9 Å². The lowest BCUT2D eigenvalue weighted by molar-refractivity contribution is -0.120. The number of para-hydroxylation sites is 1. The van der Waals surface area contributed by atoms with Gasteiger partial charge in [0.25, 0.3) is 5.91 Å². The van der Waals surface area contributed by atoms with Crippen molar-refractivity contribution in [3.8, 4) is 5.75 Å². The van der Waals surface area contributed by atoms with E-state index in [0.29, 0.717) is 33.6 Å². The van der Waals surface area contributed by atoms with Crippen LogP contribution < -0.4 is 15.4 Å². The summed E-state index contributed by atoms with van der Waals surface area (Å²) in [6.07, 6.45) is 4.82. The second-order valence-electron chi connectivity index (χ2n) is 8.43. The Morgan fingerprint density at radius 2 is 1.81 bits per heavy atom. The van der Waals surface area contributed by atoms with Crippen molar-refractivity contribution >= 4 is 40.7 Å². The Balaban J connectivity index is 1.38. The highest BCUT2D eigenvalue weighted by atomic mass is 35.5. The number of hydrogen-bond donors (Lipinski definition) is 2. The van der Waals surface area contributed by atoms with Crippen LogP contribution in [0.1, 0.15) is 42.5 Å². The van der Waals surface area contributed by atoms with Crippen LogP contribution in [0.4, 0.5) is 5.69 Å². The Kier molecular flexibility index (Phi) is 7.23. The van der Waals surface area contributed by atoms with E-state index in [2.05, 4.69) is 15.5 Å². The molecule has 2 aromatic carbocycles. The quantitative estimate of drug-likeness (QED) is 0.631. The first-order valence-corrected chi connectivity index (χ1v) is 11.6. The molecule has 2 fully saturated rings.